The molecule has 144 valence electrons. The molecule has 3 rings (SSSR count). The summed E-state index contributed by atoms with van der Waals surface area (Å²) >= 11 is 6.29. The van der Waals surface area contributed by atoms with Gasteiger partial charge in [-0.15, -0.1) is 0 Å². The van der Waals surface area contributed by atoms with Crippen molar-refractivity contribution in [2.75, 3.05) is 19.6 Å². The largest absolute Gasteiger partial charge is 0.456 e. The van der Waals surface area contributed by atoms with Gasteiger partial charge in [0.25, 0.3) is 0 Å². The lowest BCUT2D eigenvalue weighted by Gasteiger charge is -2.22. The molecule has 1 heterocycles. The van der Waals surface area contributed by atoms with Gasteiger partial charge in [-0.05, 0) is 62.1 Å². The van der Waals surface area contributed by atoms with Crippen LogP contribution in [0.3, 0.4) is 0 Å². The first-order chi connectivity index (χ1) is 13.1. The molecule has 27 heavy (non-hydrogen) atoms. The third-order valence-electron chi connectivity index (χ3n) is 4.70. The van der Waals surface area contributed by atoms with Crippen LogP contribution in [0.2, 0.25) is 5.02 Å². The van der Waals surface area contributed by atoms with Crippen molar-refractivity contribution in [2.45, 2.75) is 32.1 Å². The van der Waals surface area contributed by atoms with Crippen molar-refractivity contribution in [1.29, 1.82) is 0 Å². The van der Waals surface area contributed by atoms with Gasteiger partial charge in [0.2, 0.25) is 0 Å². The highest BCUT2D eigenvalue weighted by molar-refractivity contribution is 6.32. The summed E-state index contributed by atoms with van der Waals surface area (Å²) in [6.45, 7) is 3.41. The summed E-state index contributed by atoms with van der Waals surface area (Å²) in [6, 6.07) is 9.05. The van der Waals surface area contributed by atoms with Crippen LogP contribution in [-0.4, -0.2) is 24.5 Å². The van der Waals surface area contributed by atoms with Crippen molar-refractivity contribution in [2.24, 2.45) is 0 Å². The smallest absolute Gasteiger partial charge is 0.162 e. The summed E-state index contributed by atoms with van der Waals surface area (Å²) in [5.74, 6) is -1.19. The third-order valence-corrected chi connectivity index (χ3v) is 4.99. The lowest BCUT2D eigenvalue weighted by Crippen LogP contribution is -2.28. The van der Waals surface area contributed by atoms with E-state index in [1.165, 1.54) is 25.5 Å². The number of aryl methyl sites for hydroxylation is 1. The number of nitrogens with zero attached hydrogens (tertiary/aromatic N) is 1. The second-order valence-electron chi connectivity index (χ2n) is 6.81. The summed E-state index contributed by atoms with van der Waals surface area (Å²) in [4.78, 5) is 2.49. The van der Waals surface area contributed by atoms with E-state index in [4.69, 9.17) is 16.3 Å². The molecule has 0 aliphatic carbocycles. The van der Waals surface area contributed by atoms with Crippen LogP contribution in [0.4, 0.5) is 8.78 Å². The maximum atomic E-state index is 13.3. The van der Waals surface area contributed by atoms with Gasteiger partial charge in [0, 0.05) is 19.2 Å². The summed E-state index contributed by atoms with van der Waals surface area (Å²) in [5.41, 5.74) is 1.15. The average molecular weight is 392 g/mol. The minimum atomic E-state index is -0.944. The second kappa shape index (κ2) is 9.86. The Morgan fingerprint density at radius 2 is 1.85 bits per heavy atom. The maximum absolute atomic E-state index is 13.3. The highest BCUT2D eigenvalue weighted by Gasteiger charge is 2.08. The third kappa shape index (κ3) is 6.05. The van der Waals surface area contributed by atoms with E-state index < -0.39 is 11.6 Å². The first-order valence-corrected chi connectivity index (χ1v) is 9.78. The Bertz CT molecular complexity index is 794. The second-order valence-corrected chi connectivity index (χ2v) is 7.22. The number of benzene rings is 2. The monoisotopic (exact) mass is 391 g/mol. The molecule has 0 unspecified atom stereocenters. The molecule has 2 aromatic rings. The van der Waals surface area contributed by atoms with Crippen LogP contribution in [0.15, 0.2) is 48.6 Å². The number of rotatable bonds is 8. The summed E-state index contributed by atoms with van der Waals surface area (Å²) in [7, 11) is 0. The Morgan fingerprint density at radius 3 is 2.59 bits per heavy atom. The number of ether oxygens (including phenoxy) is 1. The Balaban J connectivity index is 1.44. The average Bonchev–Trinajstić information content (AvgIpc) is 2.67. The first-order valence-electron chi connectivity index (χ1n) is 9.40. The SMILES string of the molecule is Fc1ccc(Oc2ccc(CCCCCN3CC=CCC3)cc2Cl)cc1F. The molecule has 0 saturated carbocycles. The fourth-order valence-corrected chi connectivity index (χ4v) is 3.43. The minimum Gasteiger partial charge on any atom is -0.456 e. The highest BCUT2D eigenvalue weighted by atomic mass is 35.5. The molecule has 5 heteroatoms. The quantitative estimate of drug-likeness (QED) is 0.382. The molecule has 0 spiro atoms. The van der Waals surface area contributed by atoms with Crippen LogP contribution in [0.25, 0.3) is 0 Å². The van der Waals surface area contributed by atoms with Crippen LogP contribution >= 0.6 is 11.6 Å². The zero-order valence-electron chi connectivity index (χ0n) is 15.3. The van der Waals surface area contributed by atoms with Gasteiger partial charge < -0.3 is 4.74 Å². The van der Waals surface area contributed by atoms with Crippen molar-refractivity contribution >= 4 is 11.6 Å². The van der Waals surface area contributed by atoms with Crippen molar-refractivity contribution in [3.05, 3.63) is 70.8 Å². The Labute approximate surface area is 164 Å². The van der Waals surface area contributed by atoms with E-state index in [1.807, 2.05) is 12.1 Å². The maximum Gasteiger partial charge on any atom is 0.162 e. The molecule has 0 saturated heterocycles. The van der Waals surface area contributed by atoms with Gasteiger partial charge >= 0.3 is 0 Å². The Hall–Kier alpha value is -1.91. The van der Waals surface area contributed by atoms with Crippen molar-refractivity contribution < 1.29 is 13.5 Å². The van der Waals surface area contributed by atoms with Gasteiger partial charge in [-0.2, -0.15) is 0 Å². The normalized spacial score (nSPS) is 14.5. The zero-order valence-corrected chi connectivity index (χ0v) is 16.0. The van der Waals surface area contributed by atoms with Gasteiger partial charge in [0.1, 0.15) is 11.5 Å². The summed E-state index contributed by atoms with van der Waals surface area (Å²) in [5, 5.41) is 0.470. The van der Waals surface area contributed by atoms with Crippen LogP contribution in [0.1, 0.15) is 31.2 Å². The van der Waals surface area contributed by atoms with Crippen LogP contribution in [0.5, 0.6) is 11.5 Å². The van der Waals surface area contributed by atoms with Gasteiger partial charge in [-0.3, -0.25) is 4.90 Å². The molecule has 0 fully saturated rings. The molecule has 0 amide bonds. The summed E-state index contributed by atoms with van der Waals surface area (Å²) in [6.07, 6.45) is 10.1. The van der Waals surface area contributed by atoms with Gasteiger partial charge in [0.15, 0.2) is 11.6 Å². The lowest BCUT2D eigenvalue weighted by atomic mass is 10.1. The molecule has 0 N–H and O–H groups in total. The van der Waals surface area contributed by atoms with Gasteiger partial charge in [-0.25, -0.2) is 8.78 Å². The molecular weight excluding hydrogens is 368 g/mol. The minimum absolute atomic E-state index is 0.219. The van der Waals surface area contributed by atoms with E-state index in [0.29, 0.717) is 10.8 Å². The molecule has 0 atom stereocenters. The number of unbranched alkanes of at least 4 members (excludes halogenated alkanes) is 2. The Kier molecular flexibility index (Phi) is 7.25. The first kappa shape index (κ1) is 19.8. The standard InChI is InChI=1S/C22H24ClF2NO/c23-19-15-17(7-3-1-4-12-26-13-5-2-6-14-26)8-11-22(19)27-18-9-10-20(24)21(25)16-18/h2,5,8-11,15-16H,1,3-4,6-7,12-14H2. The molecule has 2 nitrogen and oxygen atoms in total. The number of hydrogen-bond acceptors (Lipinski definition) is 2. The molecule has 0 radical (unpaired) electrons. The molecule has 1 aliphatic rings. The van der Waals surface area contributed by atoms with E-state index in [0.717, 1.165) is 50.0 Å². The van der Waals surface area contributed by atoms with E-state index in [9.17, 15) is 8.78 Å². The molecule has 0 bridgehead atoms. The fourth-order valence-electron chi connectivity index (χ4n) is 3.18. The van der Waals surface area contributed by atoms with Crippen molar-refractivity contribution in [3.8, 4) is 11.5 Å². The van der Waals surface area contributed by atoms with Crippen LogP contribution < -0.4 is 4.74 Å². The zero-order chi connectivity index (χ0) is 19.1. The van der Waals surface area contributed by atoms with Crippen molar-refractivity contribution in [1.82, 2.24) is 4.90 Å². The molecule has 2 aromatic carbocycles. The van der Waals surface area contributed by atoms with Gasteiger partial charge in [-0.1, -0.05) is 36.2 Å². The topological polar surface area (TPSA) is 12.5 Å². The Morgan fingerprint density at radius 1 is 0.963 bits per heavy atom. The molecule has 0 aromatic heterocycles. The number of halogens is 3. The number of hydrogen-bond donors (Lipinski definition) is 0. The van der Waals surface area contributed by atoms with Crippen molar-refractivity contribution in [3.63, 3.8) is 0 Å². The molecular formula is C22H24ClF2NO. The van der Waals surface area contributed by atoms with E-state index in [2.05, 4.69) is 17.1 Å². The summed E-state index contributed by atoms with van der Waals surface area (Å²) < 4.78 is 31.8. The predicted molar refractivity (Wildman–Crippen MR) is 106 cm³/mol. The predicted octanol–water partition coefficient (Wildman–Crippen LogP) is 6.39. The molecule has 1 aliphatic heterocycles. The fraction of sp³-hybridized carbons (Fsp3) is 0.364. The van der Waals surface area contributed by atoms with Crippen LogP contribution in [-0.2, 0) is 6.42 Å². The van der Waals surface area contributed by atoms with Crippen LogP contribution in [0, 0.1) is 11.6 Å². The lowest BCUT2D eigenvalue weighted by molar-refractivity contribution is 0.291. The van der Waals surface area contributed by atoms with E-state index in [1.54, 1.807) is 6.07 Å². The highest BCUT2D eigenvalue weighted by Crippen LogP contribution is 2.31. The van der Waals surface area contributed by atoms with E-state index in [-0.39, 0.29) is 5.75 Å². The van der Waals surface area contributed by atoms with E-state index >= 15 is 0 Å². The van der Waals surface area contributed by atoms with Gasteiger partial charge in [0.05, 0.1) is 5.02 Å².